The van der Waals surface area contributed by atoms with Gasteiger partial charge in [-0.05, 0) is 12.8 Å². The SMILES string of the molecule is Cl.Cl.O=C1CCCCN1. The first-order valence-electron chi connectivity index (χ1n) is 2.66. The molecule has 0 aromatic heterocycles. The lowest BCUT2D eigenvalue weighted by Gasteiger charge is -2.08. The van der Waals surface area contributed by atoms with Gasteiger partial charge in [0.1, 0.15) is 0 Å². The smallest absolute Gasteiger partial charge is 0.219 e. The molecule has 0 unspecified atom stereocenters. The molecule has 0 bridgehead atoms. The number of carbonyl (C=O) groups excluding carboxylic acids is 1. The molecule has 1 aliphatic heterocycles. The van der Waals surface area contributed by atoms with Crippen molar-refractivity contribution < 1.29 is 4.79 Å². The summed E-state index contributed by atoms with van der Waals surface area (Å²) in [7, 11) is 0. The number of hydrogen-bond acceptors (Lipinski definition) is 1. The molecule has 0 aromatic rings. The number of amides is 1. The molecule has 1 saturated heterocycles. The van der Waals surface area contributed by atoms with Crippen LogP contribution in [0.1, 0.15) is 19.3 Å². The maximum atomic E-state index is 10.4. The molecule has 1 amide bonds. The fourth-order valence-electron chi connectivity index (χ4n) is 0.727. The van der Waals surface area contributed by atoms with Crippen LogP contribution in [0.4, 0.5) is 0 Å². The Hall–Kier alpha value is 0.0500. The van der Waals surface area contributed by atoms with E-state index in [4.69, 9.17) is 0 Å². The van der Waals surface area contributed by atoms with E-state index in [2.05, 4.69) is 5.32 Å². The average Bonchev–Trinajstić information content (AvgIpc) is 1.69. The third-order valence-electron chi connectivity index (χ3n) is 1.15. The second kappa shape index (κ2) is 6.17. The van der Waals surface area contributed by atoms with Crippen LogP contribution in [0.2, 0.25) is 0 Å². The minimum Gasteiger partial charge on any atom is -0.356 e. The average molecular weight is 172 g/mol. The number of piperidine rings is 1. The molecule has 1 fully saturated rings. The highest BCUT2D eigenvalue weighted by atomic mass is 35.5. The number of rotatable bonds is 0. The van der Waals surface area contributed by atoms with E-state index in [9.17, 15) is 4.79 Å². The maximum absolute atomic E-state index is 10.4. The Morgan fingerprint density at radius 3 is 2.11 bits per heavy atom. The standard InChI is InChI=1S/C5H9NO.2ClH/c7-5-3-1-2-4-6-5;;/h1-4H2,(H,6,7);2*1H. The first-order valence-corrected chi connectivity index (χ1v) is 2.66. The Morgan fingerprint density at radius 2 is 1.89 bits per heavy atom. The van der Waals surface area contributed by atoms with Crippen LogP contribution in [-0.4, -0.2) is 12.5 Å². The largest absolute Gasteiger partial charge is 0.356 e. The van der Waals surface area contributed by atoms with Gasteiger partial charge in [-0.25, -0.2) is 0 Å². The highest BCUT2D eigenvalue weighted by molar-refractivity contribution is 5.85. The van der Waals surface area contributed by atoms with E-state index in [1.54, 1.807) is 0 Å². The van der Waals surface area contributed by atoms with Crippen molar-refractivity contribution in [1.82, 2.24) is 5.32 Å². The number of halogens is 2. The summed E-state index contributed by atoms with van der Waals surface area (Å²) in [5, 5.41) is 2.74. The van der Waals surface area contributed by atoms with Crippen molar-refractivity contribution in [2.75, 3.05) is 6.54 Å². The number of carbonyl (C=O) groups is 1. The molecule has 4 heteroatoms. The zero-order valence-electron chi connectivity index (χ0n) is 5.05. The van der Waals surface area contributed by atoms with E-state index < -0.39 is 0 Å². The quantitative estimate of drug-likeness (QED) is 0.583. The highest BCUT2D eigenvalue weighted by Gasteiger charge is 2.04. The van der Waals surface area contributed by atoms with Gasteiger partial charge in [0.05, 0.1) is 0 Å². The molecule has 0 aliphatic carbocycles. The minimum absolute atomic E-state index is 0. The molecule has 0 radical (unpaired) electrons. The van der Waals surface area contributed by atoms with E-state index in [1.807, 2.05) is 0 Å². The summed E-state index contributed by atoms with van der Waals surface area (Å²) in [6.07, 6.45) is 2.97. The molecule has 1 rings (SSSR count). The molecule has 0 spiro atoms. The van der Waals surface area contributed by atoms with Crippen molar-refractivity contribution in [1.29, 1.82) is 0 Å². The van der Waals surface area contributed by atoms with Crippen LogP contribution >= 0.6 is 24.8 Å². The molecule has 1 N–H and O–H groups in total. The third kappa shape index (κ3) is 4.55. The second-order valence-corrected chi connectivity index (χ2v) is 1.81. The normalized spacial score (nSPS) is 16.7. The van der Waals surface area contributed by atoms with Crippen LogP contribution in [-0.2, 0) is 4.79 Å². The first kappa shape index (κ1) is 11.8. The molecule has 2 nitrogen and oxygen atoms in total. The Balaban J connectivity index is 0. The monoisotopic (exact) mass is 171 g/mol. The predicted octanol–water partition coefficient (Wildman–Crippen LogP) is 1.13. The number of hydrogen-bond donors (Lipinski definition) is 1. The van der Waals surface area contributed by atoms with Crippen molar-refractivity contribution >= 4 is 30.7 Å². The lowest BCUT2D eigenvalue weighted by atomic mass is 10.2. The van der Waals surface area contributed by atoms with Gasteiger partial charge in [0, 0.05) is 13.0 Å². The van der Waals surface area contributed by atoms with E-state index in [1.165, 1.54) is 0 Å². The van der Waals surface area contributed by atoms with Crippen molar-refractivity contribution in [3.05, 3.63) is 0 Å². The van der Waals surface area contributed by atoms with Gasteiger partial charge in [-0.3, -0.25) is 4.79 Å². The van der Waals surface area contributed by atoms with Gasteiger partial charge < -0.3 is 5.32 Å². The highest BCUT2D eigenvalue weighted by Crippen LogP contribution is 1.98. The maximum Gasteiger partial charge on any atom is 0.219 e. The Labute approximate surface area is 67.2 Å². The van der Waals surface area contributed by atoms with Gasteiger partial charge in [-0.2, -0.15) is 0 Å². The topological polar surface area (TPSA) is 29.1 Å². The lowest BCUT2D eigenvalue weighted by Crippen LogP contribution is -2.28. The van der Waals surface area contributed by atoms with Crippen molar-refractivity contribution in [3.8, 4) is 0 Å². The van der Waals surface area contributed by atoms with E-state index in [0.29, 0.717) is 0 Å². The van der Waals surface area contributed by atoms with Gasteiger partial charge in [-0.15, -0.1) is 24.8 Å². The lowest BCUT2D eigenvalue weighted by molar-refractivity contribution is -0.122. The summed E-state index contributed by atoms with van der Waals surface area (Å²) in [6.45, 7) is 0.888. The van der Waals surface area contributed by atoms with Crippen LogP contribution in [0.3, 0.4) is 0 Å². The summed E-state index contributed by atoms with van der Waals surface area (Å²) in [4.78, 5) is 10.4. The van der Waals surface area contributed by atoms with Crippen LogP contribution in [0, 0.1) is 0 Å². The molecule has 9 heavy (non-hydrogen) atoms. The summed E-state index contributed by atoms with van der Waals surface area (Å²) in [5.74, 6) is 0.214. The van der Waals surface area contributed by atoms with Crippen molar-refractivity contribution in [2.24, 2.45) is 0 Å². The van der Waals surface area contributed by atoms with Crippen LogP contribution in [0.15, 0.2) is 0 Å². The van der Waals surface area contributed by atoms with Gasteiger partial charge in [0.2, 0.25) is 5.91 Å². The van der Waals surface area contributed by atoms with E-state index >= 15 is 0 Å². The molecule has 56 valence electrons. The molecule has 0 aromatic carbocycles. The van der Waals surface area contributed by atoms with E-state index in [0.717, 1.165) is 25.8 Å². The Bertz CT molecular complexity index is 79.0. The second-order valence-electron chi connectivity index (χ2n) is 1.81. The van der Waals surface area contributed by atoms with Gasteiger partial charge in [0.15, 0.2) is 0 Å². The van der Waals surface area contributed by atoms with Crippen molar-refractivity contribution in [3.63, 3.8) is 0 Å². The Morgan fingerprint density at radius 1 is 1.22 bits per heavy atom. The van der Waals surface area contributed by atoms with Gasteiger partial charge in [-0.1, -0.05) is 0 Å². The predicted molar refractivity (Wildman–Crippen MR) is 41.4 cm³/mol. The molecule has 0 saturated carbocycles. The fourth-order valence-corrected chi connectivity index (χ4v) is 0.727. The minimum atomic E-state index is 0. The van der Waals surface area contributed by atoms with Crippen LogP contribution in [0.5, 0.6) is 0 Å². The third-order valence-corrected chi connectivity index (χ3v) is 1.15. The van der Waals surface area contributed by atoms with Crippen molar-refractivity contribution in [2.45, 2.75) is 19.3 Å². The Kier molecular flexibility index (Phi) is 8.09. The molecular formula is C5H11Cl2NO. The zero-order valence-corrected chi connectivity index (χ0v) is 6.69. The zero-order chi connectivity index (χ0) is 5.11. The molecular weight excluding hydrogens is 161 g/mol. The summed E-state index contributed by atoms with van der Waals surface area (Å²) >= 11 is 0. The summed E-state index contributed by atoms with van der Waals surface area (Å²) < 4.78 is 0. The van der Waals surface area contributed by atoms with Crippen LogP contribution in [0.25, 0.3) is 0 Å². The summed E-state index contributed by atoms with van der Waals surface area (Å²) in [6, 6.07) is 0. The fraction of sp³-hybridized carbons (Fsp3) is 0.800. The van der Waals surface area contributed by atoms with E-state index in [-0.39, 0.29) is 30.7 Å². The molecule has 0 atom stereocenters. The van der Waals surface area contributed by atoms with Crippen LogP contribution < -0.4 is 5.32 Å². The number of nitrogens with one attached hydrogen (secondary N) is 1. The summed E-state index contributed by atoms with van der Waals surface area (Å²) in [5.41, 5.74) is 0. The molecule has 1 heterocycles. The van der Waals surface area contributed by atoms with Gasteiger partial charge in [0.25, 0.3) is 0 Å². The van der Waals surface area contributed by atoms with Gasteiger partial charge >= 0.3 is 0 Å². The first-order chi connectivity index (χ1) is 3.39. The molecule has 1 aliphatic rings.